The minimum Gasteiger partial charge on any atom is -0.390 e. The maximum Gasteiger partial charge on any atom is 0.0854 e. The van der Waals surface area contributed by atoms with Gasteiger partial charge in [-0.3, -0.25) is 4.68 Å². The van der Waals surface area contributed by atoms with Crippen LogP contribution >= 0.6 is 11.6 Å². The van der Waals surface area contributed by atoms with Gasteiger partial charge >= 0.3 is 0 Å². The largest absolute Gasteiger partial charge is 0.390 e. The molecule has 0 saturated carbocycles. The van der Waals surface area contributed by atoms with Crippen molar-refractivity contribution in [3.05, 3.63) is 16.4 Å². The Morgan fingerprint density at radius 1 is 1.22 bits per heavy atom. The number of aliphatic hydroxyl groups excluding tert-OH is 2. The van der Waals surface area contributed by atoms with Gasteiger partial charge in [0.25, 0.3) is 0 Å². The second kappa shape index (κ2) is 7.12. The van der Waals surface area contributed by atoms with E-state index in [1.165, 1.54) is 0 Å². The number of hydrogen-bond donors (Lipinski definition) is 2. The van der Waals surface area contributed by atoms with Gasteiger partial charge in [-0.2, -0.15) is 5.10 Å². The third kappa shape index (κ3) is 3.46. The Kier molecular flexibility index (Phi) is 6.12. The molecule has 5 heteroatoms. The van der Waals surface area contributed by atoms with Crippen LogP contribution in [0.1, 0.15) is 45.0 Å². The zero-order chi connectivity index (χ0) is 13.7. The van der Waals surface area contributed by atoms with E-state index in [9.17, 15) is 10.2 Å². The molecule has 1 aromatic heterocycles. The third-order valence-electron chi connectivity index (χ3n) is 3.13. The second-order valence-electron chi connectivity index (χ2n) is 4.50. The Hall–Kier alpha value is -0.580. The molecule has 104 valence electrons. The highest BCUT2D eigenvalue weighted by Crippen LogP contribution is 2.23. The summed E-state index contributed by atoms with van der Waals surface area (Å²) >= 11 is 6.26. The topological polar surface area (TPSA) is 58.3 Å². The fourth-order valence-corrected chi connectivity index (χ4v) is 2.38. The molecule has 2 unspecified atom stereocenters. The van der Waals surface area contributed by atoms with Gasteiger partial charge in [0.2, 0.25) is 0 Å². The molecule has 0 aromatic carbocycles. The quantitative estimate of drug-likeness (QED) is 0.801. The summed E-state index contributed by atoms with van der Waals surface area (Å²) in [6.07, 6.45) is 1.08. The molecule has 0 saturated heterocycles. The van der Waals surface area contributed by atoms with E-state index in [1.54, 1.807) is 0 Å². The predicted octanol–water partition coefficient (Wildman–Crippen LogP) is 2.18. The number of aliphatic hydroxyl groups is 2. The van der Waals surface area contributed by atoms with Crippen LogP contribution in [0.4, 0.5) is 0 Å². The zero-order valence-electron chi connectivity index (χ0n) is 11.4. The van der Waals surface area contributed by atoms with Crippen LogP contribution in [0, 0.1) is 0 Å². The lowest BCUT2D eigenvalue weighted by atomic mass is 10.0. The zero-order valence-corrected chi connectivity index (χ0v) is 12.1. The number of rotatable bonds is 7. The lowest BCUT2D eigenvalue weighted by Gasteiger charge is -2.17. The van der Waals surface area contributed by atoms with Crippen LogP contribution < -0.4 is 0 Å². The van der Waals surface area contributed by atoms with E-state index >= 15 is 0 Å². The summed E-state index contributed by atoms with van der Waals surface area (Å²) < 4.78 is 1.81. The van der Waals surface area contributed by atoms with E-state index in [4.69, 9.17) is 11.6 Å². The smallest absolute Gasteiger partial charge is 0.0854 e. The first kappa shape index (κ1) is 15.5. The molecular weight excluding hydrogens is 252 g/mol. The first-order chi connectivity index (χ1) is 8.54. The van der Waals surface area contributed by atoms with E-state index in [1.807, 2.05) is 25.5 Å². The first-order valence-electron chi connectivity index (χ1n) is 6.65. The average molecular weight is 275 g/mol. The highest BCUT2D eigenvalue weighted by molar-refractivity contribution is 6.31. The summed E-state index contributed by atoms with van der Waals surface area (Å²) in [6.45, 7) is 6.68. The fraction of sp³-hybridized carbons (Fsp3) is 0.769. The first-order valence-corrected chi connectivity index (χ1v) is 7.03. The van der Waals surface area contributed by atoms with Crippen molar-refractivity contribution in [3.63, 3.8) is 0 Å². The van der Waals surface area contributed by atoms with Crippen molar-refractivity contribution in [2.24, 2.45) is 0 Å². The molecule has 2 N–H and O–H groups in total. The van der Waals surface area contributed by atoms with Crippen LogP contribution in [0.25, 0.3) is 0 Å². The summed E-state index contributed by atoms with van der Waals surface area (Å²) in [6, 6.07) is 0. The van der Waals surface area contributed by atoms with Crippen molar-refractivity contribution in [2.45, 2.75) is 65.2 Å². The maximum absolute atomic E-state index is 9.98. The van der Waals surface area contributed by atoms with E-state index < -0.39 is 12.2 Å². The summed E-state index contributed by atoms with van der Waals surface area (Å²) in [4.78, 5) is 0. The summed E-state index contributed by atoms with van der Waals surface area (Å²) in [5.41, 5.74) is 1.67. The molecule has 0 radical (unpaired) electrons. The Bertz CT molecular complexity index is 379. The minimum atomic E-state index is -0.783. The van der Waals surface area contributed by atoms with Crippen LogP contribution in [0.3, 0.4) is 0 Å². The average Bonchev–Trinajstić information content (AvgIpc) is 2.66. The van der Waals surface area contributed by atoms with E-state index in [0.29, 0.717) is 24.4 Å². The summed E-state index contributed by atoms with van der Waals surface area (Å²) in [5, 5.41) is 24.8. The monoisotopic (exact) mass is 274 g/mol. The van der Waals surface area contributed by atoms with Crippen LogP contribution in [0.5, 0.6) is 0 Å². The van der Waals surface area contributed by atoms with Gasteiger partial charge < -0.3 is 10.2 Å². The van der Waals surface area contributed by atoms with E-state index in [0.717, 1.165) is 24.2 Å². The maximum atomic E-state index is 9.98. The lowest BCUT2D eigenvalue weighted by Crippen LogP contribution is -2.28. The van der Waals surface area contributed by atoms with Crippen molar-refractivity contribution >= 4 is 11.6 Å². The molecule has 0 spiro atoms. The van der Waals surface area contributed by atoms with Gasteiger partial charge in [0, 0.05) is 13.0 Å². The molecule has 0 fully saturated rings. The third-order valence-corrected chi connectivity index (χ3v) is 3.56. The molecule has 0 aliphatic carbocycles. The molecule has 4 nitrogen and oxygen atoms in total. The van der Waals surface area contributed by atoms with Crippen LogP contribution in [0.2, 0.25) is 5.02 Å². The highest BCUT2D eigenvalue weighted by Gasteiger charge is 2.21. The molecule has 1 aromatic rings. The lowest BCUT2D eigenvalue weighted by molar-refractivity contribution is 0.0137. The Balaban J connectivity index is 2.85. The Morgan fingerprint density at radius 2 is 1.89 bits per heavy atom. The highest BCUT2D eigenvalue weighted by atomic mass is 35.5. The molecule has 18 heavy (non-hydrogen) atoms. The Morgan fingerprint density at radius 3 is 2.39 bits per heavy atom. The van der Waals surface area contributed by atoms with Crippen LogP contribution in [-0.2, 0) is 19.4 Å². The summed E-state index contributed by atoms with van der Waals surface area (Å²) in [5.74, 6) is 0. The molecule has 0 aliphatic heterocycles. The molecule has 1 heterocycles. The van der Waals surface area contributed by atoms with Crippen molar-refractivity contribution in [3.8, 4) is 0 Å². The van der Waals surface area contributed by atoms with Gasteiger partial charge in [-0.15, -0.1) is 0 Å². The predicted molar refractivity (Wildman–Crippen MR) is 72.9 cm³/mol. The number of nitrogens with zero attached hydrogens (tertiary/aromatic N) is 2. The van der Waals surface area contributed by atoms with Gasteiger partial charge in [0.1, 0.15) is 0 Å². The van der Waals surface area contributed by atoms with Crippen molar-refractivity contribution < 1.29 is 10.2 Å². The number of halogens is 1. The molecule has 0 bridgehead atoms. The SMILES string of the molecule is CCCC(O)C(O)Cc1c(Cl)c(CC)nn1CC. The number of hydrogen-bond acceptors (Lipinski definition) is 3. The fourth-order valence-electron chi connectivity index (χ4n) is 2.03. The van der Waals surface area contributed by atoms with Gasteiger partial charge in [0.15, 0.2) is 0 Å². The summed E-state index contributed by atoms with van der Waals surface area (Å²) in [7, 11) is 0. The van der Waals surface area contributed by atoms with Gasteiger partial charge in [-0.25, -0.2) is 0 Å². The van der Waals surface area contributed by atoms with Gasteiger partial charge in [-0.1, -0.05) is 31.9 Å². The molecule has 0 aliphatic rings. The van der Waals surface area contributed by atoms with E-state index in [-0.39, 0.29) is 0 Å². The van der Waals surface area contributed by atoms with Crippen LogP contribution in [0.15, 0.2) is 0 Å². The number of aryl methyl sites for hydroxylation is 2. The Labute approximate surface area is 114 Å². The van der Waals surface area contributed by atoms with Gasteiger partial charge in [0.05, 0.1) is 28.6 Å². The standard InChI is InChI=1S/C13H23ClN2O2/c1-4-7-11(17)12(18)8-10-13(14)9(5-2)15-16(10)6-3/h11-12,17-18H,4-8H2,1-3H3. The van der Waals surface area contributed by atoms with Crippen molar-refractivity contribution in [2.75, 3.05) is 0 Å². The molecular formula is C13H23ClN2O2. The van der Waals surface area contributed by atoms with Gasteiger partial charge in [-0.05, 0) is 19.8 Å². The van der Waals surface area contributed by atoms with Crippen LogP contribution in [-0.4, -0.2) is 32.2 Å². The molecule has 0 amide bonds. The van der Waals surface area contributed by atoms with Crippen molar-refractivity contribution in [1.29, 1.82) is 0 Å². The van der Waals surface area contributed by atoms with E-state index in [2.05, 4.69) is 5.10 Å². The minimum absolute atomic E-state index is 0.348. The molecule has 2 atom stereocenters. The second-order valence-corrected chi connectivity index (χ2v) is 4.88. The molecule has 1 rings (SSSR count). The number of aromatic nitrogens is 2. The van der Waals surface area contributed by atoms with Crippen molar-refractivity contribution in [1.82, 2.24) is 9.78 Å². The normalized spacial score (nSPS) is 14.8.